The number of rotatable bonds is 4. The predicted octanol–water partition coefficient (Wildman–Crippen LogP) is 2.24. The zero-order valence-electron chi connectivity index (χ0n) is 10.2. The fourth-order valence-electron chi connectivity index (χ4n) is 2.55. The zero-order chi connectivity index (χ0) is 11.6. The van der Waals surface area contributed by atoms with E-state index in [9.17, 15) is 4.79 Å². The fourth-order valence-corrected chi connectivity index (χ4v) is 2.55. The van der Waals surface area contributed by atoms with Gasteiger partial charge in [-0.1, -0.05) is 19.3 Å². The van der Waals surface area contributed by atoms with Crippen LogP contribution in [-0.2, 0) is 9.53 Å². The van der Waals surface area contributed by atoms with Gasteiger partial charge in [-0.2, -0.15) is 0 Å². The van der Waals surface area contributed by atoms with Gasteiger partial charge in [0.05, 0.1) is 6.61 Å². The van der Waals surface area contributed by atoms with E-state index in [0.717, 1.165) is 12.8 Å². The molecule has 0 saturated heterocycles. The first-order valence-corrected chi connectivity index (χ1v) is 6.57. The maximum atomic E-state index is 11.8. The smallest absolute Gasteiger partial charge is 0.326 e. The van der Waals surface area contributed by atoms with Crippen molar-refractivity contribution in [3.05, 3.63) is 0 Å². The lowest BCUT2D eigenvalue weighted by Gasteiger charge is -2.25. The highest BCUT2D eigenvalue weighted by atomic mass is 16.5. The Morgan fingerprint density at radius 3 is 2.44 bits per heavy atom. The average molecular weight is 225 g/mol. The third-order valence-electron chi connectivity index (χ3n) is 4.04. The van der Waals surface area contributed by atoms with Crippen molar-refractivity contribution in [1.29, 1.82) is 0 Å². The van der Waals surface area contributed by atoms with Gasteiger partial charge in [0.25, 0.3) is 0 Å². The molecule has 0 bridgehead atoms. The van der Waals surface area contributed by atoms with Gasteiger partial charge in [-0.25, -0.2) is 0 Å². The average Bonchev–Trinajstić information content (AvgIpc) is 3.11. The lowest BCUT2D eigenvalue weighted by Crippen LogP contribution is -2.48. The van der Waals surface area contributed by atoms with Crippen LogP contribution in [0.15, 0.2) is 0 Å². The third kappa shape index (κ3) is 2.76. The lowest BCUT2D eigenvalue weighted by molar-refractivity contribution is -0.152. The highest BCUT2D eigenvalue weighted by molar-refractivity contribution is 5.81. The molecule has 2 N–H and O–H groups in total. The quantitative estimate of drug-likeness (QED) is 0.746. The summed E-state index contributed by atoms with van der Waals surface area (Å²) in [5.74, 6) is 0.736. The predicted molar refractivity (Wildman–Crippen MR) is 62.9 cm³/mol. The van der Waals surface area contributed by atoms with E-state index in [0.29, 0.717) is 18.4 Å². The van der Waals surface area contributed by atoms with Crippen molar-refractivity contribution in [1.82, 2.24) is 0 Å². The number of carbonyl (C=O) groups excluding carboxylic acids is 1. The molecule has 1 unspecified atom stereocenters. The zero-order valence-corrected chi connectivity index (χ0v) is 10.2. The second-order valence-electron chi connectivity index (χ2n) is 5.66. The molecule has 0 aromatic rings. The Hall–Kier alpha value is -0.570. The number of hydrogen-bond donors (Lipinski definition) is 1. The molecule has 3 nitrogen and oxygen atoms in total. The molecule has 0 amide bonds. The monoisotopic (exact) mass is 225 g/mol. The molecule has 0 aromatic carbocycles. The Morgan fingerprint density at radius 2 is 1.88 bits per heavy atom. The molecular weight excluding hydrogens is 202 g/mol. The van der Waals surface area contributed by atoms with Gasteiger partial charge in [0, 0.05) is 0 Å². The maximum absolute atomic E-state index is 11.8. The van der Waals surface area contributed by atoms with E-state index in [1.54, 1.807) is 0 Å². The van der Waals surface area contributed by atoms with E-state index in [1.165, 1.54) is 32.1 Å². The van der Waals surface area contributed by atoms with Gasteiger partial charge in [-0.05, 0) is 44.4 Å². The minimum Gasteiger partial charge on any atom is -0.464 e. The second kappa shape index (κ2) is 4.74. The highest BCUT2D eigenvalue weighted by Gasteiger charge is 2.45. The highest BCUT2D eigenvalue weighted by Crippen LogP contribution is 2.38. The molecule has 0 heterocycles. The first-order valence-electron chi connectivity index (χ1n) is 6.57. The Morgan fingerprint density at radius 1 is 1.25 bits per heavy atom. The third-order valence-corrected chi connectivity index (χ3v) is 4.04. The van der Waals surface area contributed by atoms with Gasteiger partial charge in [-0.15, -0.1) is 0 Å². The van der Waals surface area contributed by atoms with Gasteiger partial charge in [0.15, 0.2) is 0 Å². The molecule has 2 aliphatic rings. The van der Waals surface area contributed by atoms with Crippen LogP contribution in [-0.4, -0.2) is 18.1 Å². The Labute approximate surface area is 97.7 Å². The topological polar surface area (TPSA) is 52.3 Å². The van der Waals surface area contributed by atoms with Crippen LogP contribution in [0.3, 0.4) is 0 Å². The minimum atomic E-state index is -0.741. The molecule has 0 spiro atoms. The summed E-state index contributed by atoms with van der Waals surface area (Å²) in [4.78, 5) is 11.8. The molecule has 1 atom stereocenters. The first kappa shape index (κ1) is 11.9. The molecule has 0 radical (unpaired) electrons. The van der Waals surface area contributed by atoms with Gasteiger partial charge < -0.3 is 10.5 Å². The van der Waals surface area contributed by atoms with Gasteiger partial charge >= 0.3 is 5.97 Å². The van der Waals surface area contributed by atoms with Crippen molar-refractivity contribution < 1.29 is 9.53 Å². The minimum absolute atomic E-state index is 0.194. The Bertz CT molecular complexity index is 253. The summed E-state index contributed by atoms with van der Waals surface area (Å²) in [6.07, 6.45) is 8.46. The van der Waals surface area contributed by atoms with E-state index in [-0.39, 0.29) is 5.97 Å². The summed E-state index contributed by atoms with van der Waals surface area (Å²) in [6.45, 7) is 2.40. The normalized spacial score (nSPS) is 26.1. The molecule has 0 aromatic heterocycles. The lowest BCUT2D eigenvalue weighted by atomic mass is 9.90. The van der Waals surface area contributed by atoms with Crippen LogP contribution >= 0.6 is 0 Å². The van der Waals surface area contributed by atoms with Crippen LogP contribution in [0, 0.1) is 11.8 Å². The van der Waals surface area contributed by atoms with Crippen LogP contribution in [0.1, 0.15) is 51.9 Å². The van der Waals surface area contributed by atoms with Gasteiger partial charge in [0.2, 0.25) is 0 Å². The molecule has 2 fully saturated rings. The second-order valence-corrected chi connectivity index (χ2v) is 5.66. The number of carbonyl (C=O) groups is 1. The summed E-state index contributed by atoms with van der Waals surface area (Å²) < 4.78 is 5.38. The van der Waals surface area contributed by atoms with E-state index in [4.69, 9.17) is 10.5 Å². The van der Waals surface area contributed by atoms with Crippen molar-refractivity contribution >= 4 is 5.97 Å². The summed E-state index contributed by atoms with van der Waals surface area (Å²) in [6, 6.07) is 0. The Kier molecular flexibility index (Phi) is 3.53. The summed E-state index contributed by atoms with van der Waals surface area (Å²) in [7, 11) is 0. The molecule has 3 heteroatoms. The Balaban J connectivity index is 1.74. The van der Waals surface area contributed by atoms with E-state index in [1.807, 2.05) is 6.92 Å². The van der Waals surface area contributed by atoms with Crippen molar-refractivity contribution in [2.24, 2.45) is 17.6 Å². The van der Waals surface area contributed by atoms with Crippen LogP contribution in [0.25, 0.3) is 0 Å². The van der Waals surface area contributed by atoms with Crippen LogP contribution in [0.5, 0.6) is 0 Å². The molecule has 2 saturated carbocycles. The molecule has 2 rings (SSSR count). The van der Waals surface area contributed by atoms with Crippen LogP contribution < -0.4 is 5.73 Å². The van der Waals surface area contributed by atoms with Crippen molar-refractivity contribution in [3.63, 3.8) is 0 Å². The molecule has 2 aliphatic carbocycles. The summed E-state index contributed by atoms with van der Waals surface area (Å²) >= 11 is 0. The number of esters is 1. The summed E-state index contributed by atoms with van der Waals surface area (Å²) in [5.41, 5.74) is 5.27. The summed E-state index contributed by atoms with van der Waals surface area (Å²) in [5, 5.41) is 0. The number of ether oxygens (including phenoxy) is 1. The van der Waals surface area contributed by atoms with Gasteiger partial charge in [-0.3, -0.25) is 4.79 Å². The fraction of sp³-hybridized carbons (Fsp3) is 0.923. The molecular formula is C13H23NO2. The maximum Gasteiger partial charge on any atom is 0.326 e. The van der Waals surface area contributed by atoms with Gasteiger partial charge in [0.1, 0.15) is 5.54 Å². The van der Waals surface area contributed by atoms with E-state index >= 15 is 0 Å². The number of hydrogen-bond acceptors (Lipinski definition) is 3. The SMILES string of the molecule is CC(N)(C(=O)OCC1CCCCC1)C1CC1. The van der Waals surface area contributed by atoms with E-state index in [2.05, 4.69) is 0 Å². The molecule has 0 aliphatic heterocycles. The molecule has 16 heavy (non-hydrogen) atoms. The largest absolute Gasteiger partial charge is 0.464 e. The van der Waals surface area contributed by atoms with Crippen molar-refractivity contribution in [2.45, 2.75) is 57.4 Å². The van der Waals surface area contributed by atoms with E-state index < -0.39 is 5.54 Å². The molecule has 92 valence electrons. The first-order chi connectivity index (χ1) is 7.60. The standard InChI is InChI=1S/C13H23NO2/c1-13(14,11-7-8-11)12(15)16-9-10-5-3-2-4-6-10/h10-11H,2-9,14H2,1H3. The van der Waals surface area contributed by atoms with Crippen LogP contribution in [0.4, 0.5) is 0 Å². The van der Waals surface area contributed by atoms with Crippen molar-refractivity contribution in [3.8, 4) is 0 Å². The van der Waals surface area contributed by atoms with Crippen molar-refractivity contribution in [2.75, 3.05) is 6.61 Å². The number of nitrogens with two attached hydrogens (primary N) is 1. The van der Waals surface area contributed by atoms with Crippen LogP contribution in [0.2, 0.25) is 0 Å².